The largest absolute Gasteiger partial charge is 0.434 e. The summed E-state index contributed by atoms with van der Waals surface area (Å²) in [5.41, 5.74) is 0. The first kappa shape index (κ1) is 21.6. The first-order valence-electron chi connectivity index (χ1n) is 9.83. The lowest BCUT2D eigenvalue weighted by atomic mass is 9.99. The smallest absolute Gasteiger partial charge is 0.390 e. The fourth-order valence-electron chi connectivity index (χ4n) is 4.04. The van der Waals surface area contributed by atoms with E-state index in [1.807, 2.05) is 27.7 Å². The number of aliphatic hydroxyl groups excluding tert-OH is 1. The Morgan fingerprint density at radius 1 is 1.20 bits per heavy atom. The summed E-state index contributed by atoms with van der Waals surface area (Å²) in [5.74, 6) is -1.94. The predicted molar refractivity (Wildman–Crippen MR) is 98.2 cm³/mol. The van der Waals surface area contributed by atoms with Gasteiger partial charge in [-0.05, 0) is 32.6 Å². The zero-order valence-corrected chi connectivity index (χ0v) is 17.3. The molecule has 12 nitrogen and oxygen atoms in total. The number of hydrogen-bond acceptors (Lipinski definition) is 10. The van der Waals surface area contributed by atoms with Gasteiger partial charge in [-0.2, -0.15) is 0 Å². The van der Waals surface area contributed by atoms with E-state index in [0.29, 0.717) is 0 Å². The Balaban J connectivity index is 1.35. The van der Waals surface area contributed by atoms with Crippen LogP contribution in [-0.4, -0.2) is 81.2 Å². The summed E-state index contributed by atoms with van der Waals surface area (Å²) in [5, 5.41) is 21.1. The molecule has 12 heteroatoms. The van der Waals surface area contributed by atoms with E-state index in [-0.39, 0.29) is 31.8 Å². The van der Waals surface area contributed by atoms with E-state index < -0.39 is 47.2 Å². The van der Waals surface area contributed by atoms with Crippen molar-refractivity contribution in [1.29, 1.82) is 0 Å². The number of nitrogens with zero attached hydrogens (tertiary/aromatic N) is 3. The molecule has 0 saturated carbocycles. The third-order valence-electron chi connectivity index (χ3n) is 5.11. The minimum Gasteiger partial charge on any atom is -0.390 e. The number of rotatable bonds is 7. The van der Waals surface area contributed by atoms with E-state index in [2.05, 4.69) is 4.98 Å². The van der Waals surface area contributed by atoms with Gasteiger partial charge in [0, 0.05) is 0 Å². The van der Waals surface area contributed by atoms with E-state index in [1.165, 1.54) is 17.0 Å². The fraction of sp³-hybridized carbons (Fsp3) is 0.833. The van der Waals surface area contributed by atoms with Crippen LogP contribution in [0.3, 0.4) is 0 Å². The maximum Gasteiger partial charge on any atom is 0.434 e. The number of aliphatic hydroxyl groups is 1. The van der Waals surface area contributed by atoms with Crippen molar-refractivity contribution in [2.24, 2.45) is 0 Å². The summed E-state index contributed by atoms with van der Waals surface area (Å²) in [7, 11) is 0. The highest BCUT2D eigenvalue weighted by molar-refractivity contribution is 5.06. The van der Waals surface area contributed by atoms with Crippen LogP contribution < -0.4 is 0 Å². The fourth-order valence-corrected chi connectivity index (χ4v) is 4.04. The lowest BCUT2D eigenvalue weighted by Crippen LogP contribution is -2.56. The highest BCUT2D eigenvalue weighted by Crippen LogP contribution is 2.44. The van der Waals surface area contributed by atoms with Gasteiger partial charge in [0.05, 0.1) is 19.8 Å². The molecule has 3 fully saturated rings. The Kier molecular flexibility index (Phi) is 5.60. The molecule has 3 aliphatic heterocycles. The van der Waals surface area contributed by atoms with Gasteiger partial charge >= 0.3 is 5.95 Å². The first-order chi connectivity index (χ1) is 14.0. The number of imidazole rings is 1. The Labute approximate surface area is 173 Å². The minimum atomic E-state index is -0.966. The van der Waals surface area contributed by atoms with Crippen molar-refractivity contribution in [2.75, 3.05) is 13.2 Å². The van der Waals surface area contributed by atoms with Crippen molar-refractivity contribution in [3.8, 4) is 0 Å². The normalized spacial score (nSPS) is 35.0. The van der Waals surface area contributed by atoms with Crippen LogP contribution in [0.4, 0.5) is 5.95 Å². The first-order valence-corrected chi connectivity index (χ1v) is 9.83. The molecule has 3 saturated heterocycles. The average molecular weight is 429 g/mol. The van der Waals surface area contributed by atoms with E-state index in [4.69, 9.17) is 28.4 Å². The molecule has 1 N–H and O–H groups in total. The summed E-state index contributed by atoms with van der Waals surface area (Å²) in [4.78, 5) is 14.0. The van der Waals surface area contributed by atoms with Crippen LogP contribution in [0.15, 0.2) is 12.4 Å². The number of aromatic nitrogens is 2. The highest BCUT2D eigenvalue weighted by Gasteiger charge is 2.60. The van der Waals surface area contributed by atoms with Crippen LogP contribution in [0.1, 0.15) is 27.7 Å². The molecule has 3 aliphatic rings. The van der Waals surface area contributed by atoms with Gasteiger partial charge in [0.2, 0.25) is 0 Å². The van der Waals surface area contributed by atoms with Crippen molar-refractivity contribution in [2.45, 2.75) is 82.6 Å². The van der Waals surface area contributed by atoms with Crippen molar-refractivity contribution >= 4 is 5.95 Å². The Morgan fingerprint density at radius 2 is 1.87 bits per heavy atom. The van der Waals surface area contributed by atoms with Crippen LogP contribution in [-0.2, 0) is 35.0 Å². The molecule has 4 rings (SSSR count). The summed E-state index contributed by atoms with van der Waals surface area (Å²) in [6, 6.07) is 0. The lowest BCUT2D eigenvalue weighted by molar-refractivity contribution is -0.397. The van der Waals surface area contributed by atoms with Crippen LogP contribution >= 0.6 is 0 Å². The molecule has 4 heterocycles. The van der Waals surface area contributed by atoms with Gasteiger partial charge in [-0.15, -0.1) is 0 Å². The number of hydrogen-bond donors (Lipinski definition) is 1. The van der Waals surface area contributed by atoms with Crippen molar-refractivity contribution in [3.05, 3.63) is 22.5 Å². The summed E-state index contributed by atoms with van der Waals surface area (Å²) >= 11 is 0. The third-order valence-corrected chi connectivity index (χ3v) is 5.11. The van der Waals surface area contributed by atoms with E-state index >= 15 is 0 Å². The SMILES string of the molecule is CC1(C)O[C@H]2[C@@H](O1)[C@@H](COCC(O)Cn1ccnc1[N+](=O)[O-])O[C@@H]1OC(C)(C)O[C@@H]12. The quantitative estimate of drug-likeness (QED) is 0.484. The van der Waals surface area contributed by atoms with E-state index in [1.54, 1.807) is 0 Å². The minimum absolute atomic E-state index is 0.0175. The van der Waals surface area contributed by atoms with Crippen LogP contribution in [0, 0.1) is 10.1 Å². The molecule has 0 aromatic carbocycles. The molecule has 168 valence electrons. The van der Waals surface area contributed by atoms with Gasteiger partial charge in [-0.25, -0.2) is 4.57 Å². The molecule has 0 amide bonds. The van der Waals surface area contributed by atoms with Gasteiger partial charge in [-0.3, -0.25) is 0 Å². The monoisotopic (exact) mass is 429 g/mol. The topological polar surface area (TPSA) is 137 Å². The van der Waals surface area contributed by atoms with E-state index in [0.717, 1.165) is 0 Å². The summed E-state index contributed by atoms with van der Waals surface area (Å²) in [6.45, 7) is 7.31. The van der Waals surface area contributed by atoms with Crippen LogP contribution in [0.25, 0.3) is 0 Å². The van der Waals surface area contributed by atoms with Crippen molar-refractivity contribution in [1.82, 2.24) is 9.55 Å². The molecule has 0 bridgehead atoms. The summed E-state index contributed by atoms with van der Waals surface area (Å²) in [6.07, 6.45) is -0.568. The molecule has 6 atom stereocenters. The van der Waals surface area contributed by atoms with Gasteiger partial charge in [0.1, 0.15) is 42.9 Å². The van der Waals surface area contributed by atoms with E-state index in [9.17, 15) is 15.2 Å². The second-order valence-corrected chi connectivity index (χ2v) is 8.54. The molecule has 0 spiro atoms. The van der Waals surface area contributed by atoms with Crippen molar-refractivity contribution in [3.63, 3.8) is 0 Å². The van der Waals surface area contributed by atoms with Gasteiger partial charge in [-0.1, -0.05) is 4.98 Å². The molecule has 1 aromatic rings. The van der Waals surface area contributed by atoms with Gasteiger partial charge < -0.3 is 43.6 Å². The Bertz CT molecular complexity index is 783. The van der Waals surface area contributed by atoms with Crippen LogP contribution in [0.5, 0.6) is 0 Å². The highest BCUT2D eigenvalue weighted by atomic mass is 16.9. The number of ether oxygens (including phenoxy) is 6. The maximum atomic E-state index is 10.9. The standard InChI is InChI=1S/C18H27N3O9/c1-17(2)27-12-11(26-15-14(13(12)28-17)29-18(3,4)30-15)9-25-8-10(22)7-20-6-5-19-16(20)21(23)24/h5-6,10-15,22H,7-9H2,1-4H3/t10?,11-,12+,13+,14-,15-/m1/s1. The Hall–Kier alpha value is -1.67. The van der Waals surface area contributed by atoms with Crippen LogP contribution in [0.2, 0.25) is 0 Å². The number of fused-ring (bicyclic) bond motifs is 3. The molecule has 30 heavy (non-hydrogen) atoms. The molecule has 0 radical (unpaired) electrons. The van der Waals surface area contributed by atoms with Crippen molar-refractivity contribution < 1.29 is 38.5 Å². The lowest BCUT2D eigenvalue weighted by Gasteiger charge is -2.37. The average Bonchev–Trinajstić information content (AvgIpc) is 3.28. The second-order valence-electron chi connectivity index (χ2n) is 8.54. The zero-order chi connectivity index (χ0) is 21.7. The third kappa shape index (κ3) is 4.35. The predicted octanol–water partition coefficient (Wildman–Crippen LogP) is 0.565. The van der Waals surface area contributed by atoms with Gasteiger partial charge in [0.15, 0.2) is 17.9 Å². The molecule has 1 unspecified atom stereocenters. The molecule has 1 aromatic heterocycles. The maximum absolute atomic E-state index is 10.9. The number of nitro groups is 1. The summed E-state index contributed by atoms with van der Waals surface area (Å²) < 4.78 is 36.8. The zero-order valence-electron chi connectivity index (χ0n) is 17.3. The van der Waals surface area contributed by atoms with Gasteiger partial charge in [0.25, 0.3) is 0 Å². The molecule has 0 aliphatic carbocycles. The molecular weight excluding hydrogens is 402 g/mol. The molecular formula is C18H27N3O9. The Morgan fingerprint density at radius 3 is 2.60 bits per heavy atom. The second kappa shape index (κ2) is 7.79.